The second-order valence-corrected chi connectivity index (χ2v) is 6.68. The molecular weight excluding hydrogens is 336 g/mol. The number of halogens is 1. The van der Waals surface area contributed by atoms with Crippen LogP contribution >= 0.6 is 12.4 Å². The predicted octanol–water partition coefficient (Wildman–Crippen LogP) is 4.60. The van der Waals surface area contributed by atoms with Gasteiger partial charge in [-0.15, -0.1) is 12.4 Å². The maximum absolute atomic E-state index is 12.6. The molecule has 1 aliphatic rings. The first kappa shape index (κ1) is 19.5. The molecular formula is C20H27ClN2O2. The highest BCUT2D eigenvalue weighted by molar-refractivity contribution is 5.94. The van der Waals surface area contributed by atoms with Crippen LogP contribution in [0.15, 0.2) is 47.1 Å². The van der Waals surface area contributed by atoms with E-state index in [0.717, 1.165) is 6.42 Å². The highest BCUT2D eigenvalue weighted by Crippen LogP contribution is 2.32. The smallest absolute Gasteiger partial charge is 0.255 e. The van der Waals surface area contributed by atoms with Crippen LogP contribution in [0.3, 0.4) is 0 Å². The summed E-state index contributed by atoms with van der Waals surface area (Å²) in [5.41, 5.74) is 7.26. The molecule has 1 heterocycles. The number of carbonyl (C=O) groups excluding carboxylic acids is 1. The van der Waals surface area contributed by atoms with E-state index >= 15 is 0 Å². The molecule has 136 valence electrons. The Balaban J connectivity index is 0.00000225. The van der Waals surface area contributed by atoms with Crippen molar-refractivity contribution in [3.8, 4) is 0 Å². The summed E-state index contributed by atoms with van der Waals surface area (Å²) in [7, 11) is 0. The number of nitrogens with two attached hydrogens (primary N) is 1. The standard InChI is InChI=1S/C20H26N2O2.ClH/c21-13-18-12-17(14-24-18)20(23)22-19(16-9-5-2-6-10-16)11-15-7-3-1-4-8-15;/h2,5-6,9-10,12,14-15,19H,1,3-4,7-8,11,13,21H2,(H,22,23);1H. The van der Waals surface area contributed by atoms with Gasteiger partial charge in [-0.2, -0.15) is 0 Å². The molecule has 25 heavy (non-hydrogen) atoms. The van der Waals surface area contributed by atoms with E-state index in [-0.39, 0.29) is 24.4 Å². The van der Waals surface area contributed by atoms with Crippen LogP contribution in [0.2, 0.25) is 0 Å². The van der Waals surface area contributed by atoms with E-state index in [2.05, 4.69) is 17.4 Å². The van der Waals surface area contributed by atoms with Gasteiger partial charge in [-0.25, -0.2) is 0 Å². The maximum atomic E-state index is 12.6. The zero-order chi connectivity index (χ0) is 16.8. The van der Waals surface area contributed by atoms with Gasteiger partial charge in [0.1, 0.15) is 12.0 Å². The Morgan fingerprint density at radius 1 is 1.20 bits per heavy atom. The first-order chi connectivity index (χ1) is 11.8. The topological polar surface area (TPSA) is 68.3 Å². The van der Waals surface area contributed by atoms with Crippen LogP contribution in [-0.4, -0.2) is 5.91 Å². The molecule has 1 aromatic carbocycles. The van der Waals surface area contributed by atoms with Gasteiger partial charge in [0.05, 0.1) is 18.2 Å². The van der Waals surface area contributed by atoms with E-state index in [4.69, 9.17) is 10.2 Å². The van der Waals surface area contributed by atoms with Gasteiger partial charge >= 0.3 is 0 Å². The van der Waals surface area contributed by atoms with Crippen LogP contribution in [0.4, 0.5) is 0 Å². The summed E-state index contributed by atoms with van der Waals surface area (Å²) in [4.78, 5) is 12.6. The molecule has 1 atom stereocenters. The van der Waals surface area contributed by atoms with Crippen molar-refractivity contribution in [1.82, 2.24) is 5.32 Å². The van der Waals surface area contributed by atoms with Crippen molar-refractivity contribution in [3.63, 3.8) is 0 Å². The molecule has 1 aromatic heterocycles. The van der Waals surface area contributed by atoms with E-state index in [0.29, 0.717) is 23.8 Å². The Morgan fingerprint density at radius 3 is 2.56 bits per heavy atom. The molecule has 0 bridgehead atoms. The lowest BCUT2D eigenvalue weighted by atomic mass is 9.83. The van der Waals surface area contributed by atoms with Gasteiger partial charge in [0.15, 0.2) is 0 Å². The third-order valence-electron chi connectivity index (χ3n) is 4.92. The molecule has 4 nitrogen and oxygen atoms in total. The fourth-order valence-corrected chi connectivity index (χ4v) is 3.57. The number of hydrogen-bond donors (Lipinski definition) is 2. The highest BCUT2D eigenvalue weighted by atomic mass is 35.5. The summed E-state index contributed by atoms with van der Waals surface area (Å²) in [6.07, 6.45) is 8.97. The fraction of sp³-hybridized carbons (Fsp3) is 0.450. The minimum Gasteiger partial charge on any atom is -0.467 e. The van der Waals surface area contributed by atoms with E-state index in [1.165, 1.54) is 43.9 Å². The van der Waals surface area contributed by atoms with Crippen molar-refractivity contribution < 1.29 is 9.21 Å². The first-order valence-electron chi connectivity index (χ1n) is 8.89. The minimum atomic E-state index is -0.0943. The number of benzene rings is 1. The Bertz CT molecular complexity index is 651. The highest BCUT2D eigenvalue weighted by Gasteiger charge is 2.22. The van der Waals surface area contributed by atoms with Crippen LogP contribution < -0.4 is 11.1 Å². The molecule has 1 fully saturated rings. The summed E-state index contributed by atoms with van der Waals surface area (Å²) >= 11 is 0. The Labute approximate surface area is 155 Å². The van der Waals surface area contributed by atoms with Crippen LogP contribution in [0.1, 0.15) is 66.2 Å². The summed E-state index contributed by atoms with van der Waals surface area (Å²) in [6.45, 7) is 0.303. The molecule has 1 unspecified atom stereocenters. The largest absolute Gasteiger partial charge is 0.467 e. The van der Waals surface area contributed by atoms with Crippen molar-refractivity contribution in [3.05, 3.63) is 59.5 Å². The van der Waals surface area contributed by atoms with Gasteiger partial charge < -0.3 is 15.5 Å². The molecule has 0 aliphatic heterocycles. The van der Waals surface area contributed by atoms with Gasteiger partial charge in [-0.3, -0.25) is 4.79 Å². The average molecular weight is 363 g/mol. The Hall–Kier alpha value is -1.78. The van der Waals surface area contributed by atoms with Crippen LogP contribution in [0, 0.1) is 5.92 Å². The zero-order valence-corrected chi connectivity index (χ0v) is 15.3. The summed E-state index contributed by atoms with van der Waals surface area (Å²) in [6, 6.07) is 12.0. The fourth-order valence-electron chi connectivity index (χ4n) is 3.57. The van der Waals surface area contributed by atoms with Gasteiger partial charge in [-0.05, 0) is 24.0 Å². The molecule has 0 radical (unpaired) electrons. The molecule has 3 N–H and O–H groups in total. The zero-order valence-electron chi connectivity index (χ0n) is 14.4. The summed E-state index contributed by atoms with van der Waals surface area (Å²) in [5, 5.41) is 3.19. The van der Waals surface area contributed by atoms with E-state index in [1.807, 2.05) is 18.2 Å². The van der Waals surface area contributed by atoms with E-state index in [1.54, 1.807) is 6.07 Å². The molecule has 1 aliphatic carbocycles. The van der Waals surface area contributed by atoms with Gasteiger partial charge in [-0.1, -0.05) is 62.4 Å². The SMILES string of the molecule is Cl.NCc1cc(C(=O)NC(CC2CCCCC2)c2ccccc2)co1. The monoisotopic (exact) mass is 362 g/mol. The van der Waals surface area contributed by atoms with Crippen LogP contribution in [0.25, 0.3) is 0 Å². The number of amides is 1. The van der Waals surface area contributed by atoms with Crippen molar-refractivity contribution in [2.75, 3.05) is 0 Å². The lowest BCUT2D eigenvalue weighted by Gasteiger charge is -2.27. The minimum absolute atomic E-state index is 0. The van der Waals surface area contributed by atoms with E-state index in [9.17, 15) is 4.79 Å². The summed E-state index contributed by atoms with van der Waals surface area (Å²) < 4.78 is 5.29. The molecule has 5 heteroatoms. The molecule has 1 amide bonds. The number of rotatable bonds is 6. The molecule has 0 saturated heterocycles. The molecule has 3 rings (SSSR count). The van der Waals surface area contributed by atoms with Crippen LogP contribution in [0.5, 0.6) is 0 Å². The normalized spacial score (nSPS) is 16.0. The molecule has 0 spiro atoms. The quantitative estimate of drug-likeness (QED) is 0.788. The maximum Gasteiger partial charge on any atom is 0.255 e. The number of hydrogen-bond acceptors (Lipinski definition) is 3. The number of carbonyl (C=O) groups is 1. The number of furan rings is 1. The van der Waals surface area contributed by atoms with Gasteiger partial charge in [0, 0.05) is 0 Å². The third-order valence-corrected chi connectivity index (χ3v) is 4.92. The average Bonchev–Trinajstić information content (AvgIpc) is 3.12. The van der Waals surface area contributed by atoms with Crippen LogP contribution in [-0.2, 0) is 6.54 Å². The molecule has 1 saturated carbocycles. The Kier molecular flexibility index (Phi) is 7.53. The van der Waals surface area contributed by atoms with Gasteiger partial charge in [0.2, 0.25) is 0 Å². The number of nitrogens with one attached hydrogen (secondary N) is 1. The third kappa shape index (κ3) is 5.35. The lowest BCUT2D eigenvalue weighted by Crippen LogP contribution is -2.30. The second kappa shape index (κ2) is 9.64. The summed E-state index contributed by atoms with van der Waals surface area (Å²) in [5.74, 6) is 1.22. The lowest BCUT2D eigenvalue weighted by molar-refractivity contribution is 0.0927. The van der Waals surface area contributed by atoms with Crippen molar-refractivity contribution in [1.29, 1.82) is 0 Å². The Morgan fingerprint density at radius 2 is 1.92 bits per heavy atom. The van der Waals surface area contributed by atoms with Crippen molar-refractivity contribution >= 4 is 18.3 Å². The van der Waals surface area contributed by atoms with E-state index < -0.39 is 0 Å². The predicted molar refractivity (Wildman–Crippen MR) is 102 cm³/mol. The van der Waals surface area contributed by atoms with Gasteiger partial charge in [0.25, 0.3) is 5.91 Å². The molecule has 2 aromatic rings. The first-order valence-corrected chi connectivity index (χ1v) is 8.89. The van der Waals surface area contributed by atoms with Crippen molar-refractivity contribution in [2.45, 2.75) is 51.1 Å². The van der Waals surface area contributed by atoms with Crippen molar-refractivity contribution in [2.24, 2.45) is 11.7 Å². The second-order valence-electron chi connectivity index (χ2n) is 6.68.